The van der Waals surface area contributed by atoms with Gasteiger partial charge in [-0.1, -0.05) is 45.8 Å². The van der Waals surface area contributed by atoms with E-state index in [9.17, 15) is 9.90 Å². The zero-order chi connectivity index (χ0) is 23.5. The van der Waals surface area contributed by atoms with Crippen LogP contribution in [0.2, 0.25) is 18.1 Å². The molecule has 0 heterocycles. The number of rotatable bonds is 8. The van der Waals surface area contributed by atoms with Crippen molar-refractivity contribution in [3.05, 3.63) is 11.6 Å². The number of aliphatic hydroxyl groups excluding tert-OH is 1. The molecule has 4 aliphatic rings. The second kappa shape index (κ2) is 8.50. The van der Waals surface area contributed by atoms with Crippen molar-refractivity contribution in [3.8, 4) is 0 Å². The average Bonchev–Trinajstić information content (AvgIpc) is 3.08. The first-order valence-corrected chi connectivity index (χ1v) is 16.4. The van der Waals surface area contributed by atoms with Crippen molar-refractivity contribution in [2.45, 2.75) is 122 Å². The summed E-state index contributed by atoms with van der Waals surface area (Å²) in [7, 11) is -0.259. The van der Waals surface area contributed by atoms with Gasteiger partial charge in [0.05, 0.1) is 12.2 Å². The SMILES string of the molecule is COC(/C=C1\CCC[C@@]2(C)C1CCC2[C@H](C)CCC(C)(C)[Si](C)(C)O)C12CC1C[C@H](O)C2. The summed E-state index contributed by atoms with van der Waals surface area (Å²) in [6.07, 6.45) is 14.7. The summed E-state index contributed by atoms with van der Waals surface area (Å²) < 4.78 is 6.09. The Hall–Kier alpha value is -0.163. The summed E-state index contributed by atoms with van der Waals surface area (Å²) in [6, 6.07) is 0. The molecule has 0 aliphatic heterocycles. The van der Waals surface area contributed by atoms with Gasteiger partial charge in [-0.25, -0.2) is 0 Å². The lowest BCUT2D eigenvalue weighted by Crippen LogP contribution is -2.40. The second-order valence-electron chi connectivity index (χ2n) is 13.7. The molecule has 2 N–H and O–H groups in total. The van der Waals surface area contributed by atoms with Crippen molar-refractivity contribution in [2.75, 3.05) is 7.11 Å². The molecule has 4 saturated carbocycles. The quantitative estimate of drug-likeness (QED) is 0.312. The van der Waals surface area contributed by atoms with E-state index in [1.54, 1.807) is 5.57 Å². The highest BCUT2D eigenvalue weighted by Crippen LogP contribution is 2.67. The Balaban J connectivity index is 1.47. The summed E-state index contributed by atoms with van der Waals surface area (Å²) in [4.78, 5) is 10.7. The van der Waals surface area contributed by atoms with Gasteiger partial charge < -0.3 is 14.6 Å². The number of ether oxygens (including phenoxy) is 1. The molecule has 0 saturated heterocycles. The van der Waals surface area contributed by atoms with Crippen molar-refractivity contribution in [2.24, 2.45) is 34.5 Å². The number of aliphatic hydroxyl groups is 1. The Morgan fingerprint density at radius 3 is 2.56 bits per heavy atom. The molecule has 0 aromatic heterocycles. The summed E-state index contributed by atoms with van der Waals surface area (Å²) in [5.74, 6) is 2.89. The van der Waals surface area contributed by atoms with E-state index < -0.39 is 8.32 Å². The summed E-state index contributed by atoms with van der Waals surface area (Å²) in [5, 5.41) is 10.3. The van der Waals surface area contributed by atoms with E-state index in [1.807, 2.05) is 7.11 Å². The van der Waals surface area contributed by atoms with E-state index in [0.29, 0.717) is 17.3 Å². The minimum absolute atomic E-state index is 0.0788. The van der Waals surface area contributed by atoms with Crippen molar-refractivity contribution >= 4 is 8.32 Å². The predicted octanol–water partition coefficient (Wildman–Crippen LogP) is 6.70. The highest BCUT2D eigenvalue weighted by molar-refractivity contribution is 6.72. The molecule has 8 atom stereocenters. The number of methoxy groups -OCH3 is 1. The second-order valence-corrected chi connectivity index (χ2v) is 18.2. The predicted molar refractivity (Wildman–Crippen MR) is 135 cm³/mol. The lowest BCUT2D eigenvalue weighted by Gasteiger charge is -2.45. The lowest BCUT2D eigenvalue weighted by molar-refractivity contribution is 0.0546. The maximum Gasteiger partial charge on any atom is 0.188 e. The van der Waals surface area contributed by atoms with E-state index in [1.165, 1.54) is 44.9 Å². The van der Waals surface area contributed by atoms with Gasteiger partial charge in [0.15, 0.2) is 8.32 Å². The number of allylic oxidation sites excluding steroid dienone is 1. The highest BCUT2D eigenvalue weighted by atomic mass is 28.4. The molecular weight excluding hydrogens is 412 g/mol. The molecule has 0 radical (unpaired) electrons. The van der Waals surface area contributed by atoms with Gasteiger partial charge >= 0.3 is 0 Å². The zero-order valence-corrected chi connectivity index (χ0v) is 22.9. The highest BCUT2D eigenvalue weighted by Gasteiger charge is 2.64. The van der Waals surface area contributed by atoms with E-state index in [0.717, 1.165) is 31.1 Å². The number of fused-ring (bicyclic) bond motifs is 2. The smallest absolute Gasteiger partial charge is 0.188 e. The van der Waals surface area contributed by atoms with Gasteiger partial charge in [-0.2, -0.15) is 0 Å². The summed E-state index contributed by atoms with van der Waals surface area (Å²) in [6.45, 7) is 13.8. The number of hydrogen-bond donors (Lipinski definition) is 2. The fourth-order valence-electron chi connectivity index (χ4n) is 8.26. The van der Waals surface area contributed by atoms with Gasteiger partial charge in [0.25, 0.3) is 0 Å². The van der Waals surface area contributed by atoms with Gasteiger partial charge in [-0.15, -0.1) is 0 Å². The van der Waals surface area contributed by atoms with E-state index >= 15 is 0 Å². The van der Waals surface area contributed by atoms with Crippen LogP contribution in [0.3, 0.4) is 0 Å². The molecule has 184 valence electrons. The average molecular weight is 463 g/mol. The standard InChI is InChI=1S/C28H50O3Si/c1-19(12-14-26(2,3)32(6,7)30)23-10-11-24-20(9-8-13-27(23,24)4)15-25(31-5)28-17-21(28)16-22(29)18-28/h15,19,21-25,29-30H,8-14,16-18H2,1-7H3/b20-15+/t19-,21?,22+,23?,24?,25?,27-,28?/m1/s1. The van der Waals surface area contributed by atoms with Crippen LogP contribution in [0.15, 0.2) is 11.6 Å². The molecule has 0 amide bonds. The Bertz CT molecular complexity index is 725. The van der Waals surface area contributed by atoms with Crippen LogP contribution in [0.1, 0.15) is 91.9 Å². The van der Waals surface area contributed by atoms with E-state index in [4.69, 9.17) is 4.74 Å². The normalized spacial score (nSPS) is 42.6. The van der Waals surface area contributed by atoms with Gasteiger partial charge in [0.1, 0.15) is 0 Å². The molecule has 0 aromatic rings. The maximum atomic E-state index is 10.7. The van der Waals surface area contributed by atoms with Crippen LogP contribution in [0.4, 0.5) is 0 Å². The van der Waals surface area contributed by atoms with Crippen LogP contribution in [0, 0.1) is 34.5 Å². The van der Waals surface area contributed by atoms with Gasteiger partial charge in [0.2, 0.25) is 0 Å². The first-order chi connectivity index (χ1) is 14.8. The Morgan fingerprint density at radius 1 is 1.25 bits per heavy atom. The monoisotopic (exact) mass is 462 g/mol. The molecule has 0 aromatic carbocycles. The maximum absolute atomic E-state index is 10.7. The van der Waals surface area contributed by atoms with Crippen molar-refractivity contribution in [1.29, 1.82) is 0 Å². The molecule has 5 unspecified atom stereocenters. The van der Waals surface area contributed by atoms with Crippen LogP contribution in [-0.4, -0.2) is 37.5 Å². The molecule has 4 heteroatoms. The van der Waals surface area contributed by atoms with Crippen LogP contribution in [-0.2, 0) is 4.74 Å². The van der Waals surface area contributed by atoms with Crippen LogP contribution >= 0.6 is 0 Å². The third-order valence-electron chi connectivity index (χ3n) is 11.2. The van der Waals surface area contributed by atoms with Crippen molar-refractivity contribution < 1.29 is 14.6 Å². The van der Waals surface area contributed by atoms with Crippen molar-refractivity contribution in [3.63, 3.8) is 0 Å². The van der Waals surface area contributed by atoms with Crippen LogP contribution < -0.4 is 0 Å². The summed E-state index contributed by atoms with van der Waals surface area (Å²) >= 11 is 0. The fraction of sp³-hybridized carbons (Fsp3) is 0.929. The molecular formula is C28H50O3Si. The Morgan fingerprint density at radius 2 is 1.97 bits per heavy atom. The molecule has 32 heavy (non-hydrogen) atoms. The molecule has 4 aliphatic carbocycles. The molecule has 4 rings (SSSR count). The Labute approximate surface area is 198 Å². The van der Waals surface area contributed by atoms with Crippen LogP contribution in [0.25, 0.3) is 0 Å². The van der Waals surface area contributed by atoms with E-state index in [2.05, 4.69) is 46.9 Å². The molecule has 4 fully saturated rings. The van der Waals surface area contributed by atoms with E-state index in [-0.39, 0.29) is 22.7 Å². The van der Waals surface area contributed by atoms with Crippen molar-refractivity contribution in [1.82, 2.24) is 0 Å². The Kier molecular flexibility index (Phi) is 6.62. The lowest BCUT2D eigenvalue weighted by atomic mass is 9.60. The number of hydrogen-bond acceptors (Lipinski definition) is 3. The molecule has 0 bridgehead atoms. The molecule has 3 nitrogen and oxygen atoms in total. The van der Waals surface area contributed by atoms with Gasteiger partial charge in [-0.05, 0) is 105 Å². The fourth-order valence-corrected chi connectivity index (χ4v) is 9.01. The molecule has 0 spiro atoms. The first-order valence-electron chi connectivity index (χ1n) is 13.5. The van der Waals surface area contributed by atoms with Gasteiger partial charge in [-0.3, -0.25) is 0 Å². The third kappa shape index (κ3) is 4.20. The van der Waals surface area contributed by atoms with Gasteiger partial charge in [0, 0.05) is 12.5 Å². The first kappa shape index (κ1) is 24.9. The third-order valence-corrected chi connectivity index (χ3v) is 14.8. The minimum Gasteiger partial charge on any atom is -0.432 e. The van der Waals surface area contributed by atoms with Crippen LogP contribution in [0.5, 0.6) is 0 Å². The largest absolute Gasteiger partial charge is 0.432 e. The minimum atomic E-state index is -2.14. The summed E-state index contributed by atoms with van der Waals surface area (Å²) in [5.41, 5.74) is 2.31. The topological polar surface area (TPSA) is 49.7 Å². The zero-order valence-electron chi connectivity index (χ0n) is 21.9.